The molecule has 0 aromatic heterocycles. The highest BCUT2D eigenvalue weighted by Gasteiger charge is 2.32. The SMILES string of the molecule is CCCCOc1ccc(C2CCC(C3CCC(/C=C/CCc4ccc(CCC)cc4)CC3)CC2)c(F)c1F. The summed E-state index contributed by atoms with van der Waals surface area (Å²) < 4.78 is 34.9. The van der Waals surface area contributed by atoms with Crippen LogP contribution in [0, 0.1) is 29.4 Å². The molecule has 0 radical (unpaired) electrons. The summed E-state index contributed by atoms with van der Waals surface area (Å²) in [5.41, 5.74) is 3.43. The Morgan fingerprint density at radius 1 is 0.737 bits per heavy atom. The minimum Gasteiger partial charge on any atom is -0.490 e. The molecule has 0 amide bonds. The Balaban J connectivity index is 1.17. The maximum Gasteiger partial charge on any atom is 0.200 e. The molecule has 2 fully saturated rings. The van der Waals surface area contributed by atoms with Gasteiger partial charge in [-0.3, -0.25) is 0 Å². The second-order valence-corrected chi connectivity index (χ2v) is 11.8. The van der Waals surface area contributed by atoms with Gasteiger partial charge in [-0.25, -0.2) is 4.39 Å². The molecule has 4 rings (SSSR count). The average molecular weight is 523 g/mol. The van der Waals surface area contributed by atoms with Crippen LogP contribution >= 0.6 is 0 Å². The van der Waals surface area contributed by atoms with Gasteiger partial charge in [0, 0.05) is 0 Å². The van der Waals surface area contributed by atoms with Gasteiger partial charge in [-0.05, 0) is 123 Å². The van der Waals surface area contributed by atoms with E-state index < -0.39 is 11.6 Å². The molecule has 0 saturated heterocycles. The highest BCUT2D eigenvalue weighted by Crippen LogP contribution is 2.45. The van der Waals surface area contributed by atoms with E-state index in [4.69, 9.17) is 4.74 Å². The zero-order valence-electron chi connectivity index (χ0n) is 23.7. The molecule has 0 bridgehead atoms. The fourth-order valence-corrected chi connectivity index (χ4v) is 6.71. The van der Waals surface area contributed by atoms with E-state index in [9.17, 15) is 8.78 Å². The first kappa shape index (κ1) is 28.8. The third-order valence-electron chi connectivity index (χ3n) is 9.10. The van der Waals surface area contributed by atoms with E-state index in [1.54, 1.807) is 12.1 Å². The lowest BCUT2D eigenvalue weighted by atomic mass is 9.68. The molecule has 2 aliphatic rings. The molecule has 2 aromatic carbocycles. The summed E-state index contributed by atoms with van der Waals surface area (Å²) >= 11 is 0. The van der Waals surface area contributed by atoms with Gasteiger partial charge in [0.2, 0.25) is 5.82 Å². The highest BCUT2D eigenvalue weighted by atomic mass is 19.2. The quantitative estimate of drug-likeness (QED) is 0.199. The van der Waals surface area contributed by atoms with Crippen molar-refractivity contribution in [3.05, 3.63) is 76.9 Å². The van der Waals surface area contributed by atoms with E-state index in [0.29, 0.717) is 12.2 Å². The van der Waals surface area contributed by atoms with Gasteiger partial charge in [0.25, 0.3) is 0 Å². The van der Waals surface area contributed by atoms with Crippen LogP contribution in [0.1, 0.15) is 114 Å². The van der Waals surface area contributed by atoms with Gasteiger partial charge < -0.3 is 4.74 Å². The summed E-state index contributed by atoms with van der Waals surface area (Å²) in [5.74, 6) is 0.965. The Kier molecular flexibility index (Phi) is 11.3. The fraction of sp³-hybridized carbons (Fsp3) is 0.600. The van der Waals surface area contributed by atoms with E-state index >= 15 is 0 Å². The van der Waals surface area contributed by atoms with E-state index in [1.807, 2.05) is 0 Å². The predicted molar refractivity (Wildman–Crippen MR) is 155 cm³/mol. The Hall–Kier alpha value is -2.16. The molecule has 2 aliphatic carbocycles. The molecule has 2 saturated carbocycles. The highest BCUT2D eigenvalue weighted by molar-refractivity contribution is 5.33. The molecule has 2 aromatic rings. The number of ether oxygens (including phenoxy) is 1. The third kappa shape index (κ3) is 7.93. The standard InChI is InChI=1S/C35H48F2O/c1-3-5-25-38-33-24-23-32(34(36)35(33)37)31-21-19-30(20-22-31)29-17-15-28(16-18-29)10-7-6-9-27-13-11-26(8-4-2)12-14-27/h7,10-14,23-24,28-31H,3-6,8-9,15-22,25H2,1-2H3/b10-7+. The van der Waals surface area contributed by atoms with Crippen molar-refractivity contribution >= 4 is 0 Å². The Morgan fingerprint density at radius 3 is 2.00 bits per heavy atom. The Labute approximate surface area is 230 Å². The van der Waals surface area contributed by atoms with Crippen LogP contribution in [0.15, 0.2) is 48.6 Å². The molecular weight excluding hydrogens is 474 g/mol. The van der Waals surface area contributed by atoms with Crippen molar-refractivity contribution in [3.63, 3.8) is 0 Å². The first-order valence-electron chi connectivity index (χ1n) is 15.4. The van der Waals surface area contributed by atoms with E-state index in [-0.39, 0.29) is 11.7 Å². The molecule has 0 heterocycles. The smallest absolute Gasteiger partial charge is 0.200 e. The van der Waals surface area contributed by atoms with Crippen LogP contribution in [0.3, 0.4) is 0 Å². The van der Waals surface area contributed by atoms with E-state index in [0.717, 1.165) is 69.1 Å². The molecular formula is C35H48F2O. The van der Waals surface area contributed by atoms with Gasteiger partial charge in [-0.1, -0.05) is 69.2 Å². The number of benzene rings is 2. The molecule has 1 nitrogen and oxygen atoms in total. The fourth-order valence-electron chi connectivity index (χ4n) is 6.71. The second kappa shape index (κ2) is 14.8. The molecule has 0 atom stereocenters. The molecule has 0 unspecified atom stereocenters. The molecule has 208 valence electrons. The van der Waals surface area contributed by atoms with Gasteiger partial charge in [0.1, 0.15) is 0 Å². The van der Waals surface area contributed by atoms with Crippen LogP contribution in [0.4, 0.5) is 8.78 Å². The molecule has 0 N–H and O–H groups in total. The normalized spacial score (nSPS) is 24.1. The van der Waals surface area contributed by atoms with Crippen molar-refractivity contribution in [1.82, 2.24) is 0 Å². The summed E-state index contributed by atoms with van der Waals surface area (Å²) in [6.07, 6.45) is 20.8. The zero-order valence-corrected chi connectivity index (χ0v) is 23.7. The molecule has 38 heavy (non-hydrogen) atoms. The third-order valence-corrected chi connectivity index (χ3v) is 9.10. The van der Waals surface area contributed by atoms with Gasteiger partial charge >= 0.3 is 0 Å². The number of unbranched alkanes of at least 4 members (excludes halogenated alkanes) is 1. The number of allylic oxidation sites excluding steroid dienone is 2. The lowest BCUT2D eigenvalue weighted by molar-refractivity contribution is 0.170. The van der Waals surface area contributed by atoms with Crippen molar-refractivity contribution < 1.29 is 13.5 Å². The number of aryl methyl sites for hydroxylation is 2. The summed E-state index contributed by atoms with van der Waals surface area (Å²) in [6.45, 7) is 4.72. The predicted octanol–water partition coefficient (Wildman–Crippen LogP) is 10.4. The van der Waals surface area contributed by atoms with Crippen molar-refractivity contribution in [2.24, 2.45) is 17.8 Å². The first-order valence-corrected chi connectivity index (χ1v) is 15.4. The number of hydrogen-bond acceptors (Lipinski definition) is 1. The topological polar surface area (TPSA) is 9.23 Å². The monoisotopic (exact) mass is 522 g/mol. The van der Waals surface area contributed by atoms with Crippen LogP contribution in [-0.2, 0) is 12.8 Å². The maximum absolute atomic E-state index is 14.9. The minimum atomic E-state index is -0.808. The van der Waals surface area contributed by atoms with Gasteiger partial charge in [-0.2, -0.15) is 4.39 Å². The van der Waals surface area contributed by atoms with Crippen LogP contribution in [0.5, 0.6) is 5.75 Å². The molecule has 3 heteroatoms. The number of halogens is 2. The summed E-state index contributed by atoms with van der Waals surface area (Å²) in [7, 11) is 0. The van der Waals surface area contributed by atoms with Gasteiger partial charge in [0.15, 0.2) is 11.6 Å². The summed E-state index contributed by atoms with van der Waals surface area (Å²) in [5, 5.41) is 0. The van der Waals surface area contributed by atoms with Crippen molar-refractivity contribution in [3.8, 4) is 5.75 Å². The number of rotatable bonds is 12. The minimum absolute atomic E-state index is 0.0558. The molecule has 0 aliphatic heterocycles. The summed E-state index contributed by atoms with van der Waals surface area (Å²) in [4.78, 5) is 0. The number of hydrogen-bond donors (Lipinski definition) is 0. The lowest BCUT2D eigenvalue weighted by Gasteiger charge is -2.37. The van der Waals surface area contributed by atoms with E-state index in [2.05, 4.69) is 50.3 Å². The van der Waals surface area contributed by atoms with Crippen LogP contribution in [-0.4, -0.2) is 6.61 Å². The molecule has 0 spiro atoms. The van der Waals surface area contributed by atoms with Gasteiger partial charge in [0.05, 0.1) is 6.61 Å². The Morgan fingerprint density at radius 2 is 1.37 bits per heavy atom. The largest absolute Gasteiger partial charge is 0.490 e. The lowest BCUT2D eigenvalue weighted by Crippen LogP contribution is -2.25. The van der Waals surface area contributed by atoms with Crippen molar-refractivity contribution in [1.29, 1.82) is 0 Å². The van der Waals surface area contributed by atoms with Crippen LogP contribution in [0.2, 0.25) is 0 Å². The summed E-state index contributed by atoms with van der Waals surface area (Å²) in [6, 6.07) is 12.6. The van der Waals surface area contributed by atoms with E-state index in [1.165, 1.54) is 49.7 Å². The average Bonchev–Trinajstić information content (AvgIpc) is 2.95. The van der Waals surface area contributed by atoms with Crippen molar-refractivity contribution in [2.75, 3.05) is 6.61 Å². The maximum atomic E-state index is 14.9. The first-order chi connectivity index (χ1) is 18.6. The van der Waals surface area contributed by atoms with Crippen LogP contribution < -0.4 is 4.74 Å². The zero-order chi connectivity index (χ0) is 26.7. The Bertz CT molecular complexity index is 995. The van der Waals surface area contributed by atoms with Crippen molar-refractivity contribution in [2.45, 2.75) is 110 Å². The van der Waals surface area contributed by atoms with Crippen LogP contribution in [0.25, 0.3) is 0 Å². The second-order valence-electron chi connectivity index (χ2n) is 11.8. The van der Waals surface area contributed by atoms with Gasteiger partial charge in [-0.15, -0.1) is 0 Å².